The van der Waals surface area contributed by atoms with Gasteiger partial charge in [0.1, 0.15) is 0 Å². The quantitative estimate of drug-likeness (QED) is 0.518. The number of ether oxygens (including phenoxy) is 1. The summed E-state index contributed by atoms with van der Waals surface area (Å²) in [4.78, 5) is 37.6. The molecule has 3 aromatic rings. The van der Waals surface area contributed by atoms with E-state index in [1.165, 1.54) is 15.9 Å². The Bertz CT molecular complexity index is 1300. The number of rotatable bonds is 6. The fourth-order valence-electron chi connectivity index (χ4n) is 4.67. The molecule has 1 aromatic carbocycles. The van der Waals surface area contributed by atoms with E-state index in [0.29, 0.717) is 29.2 Å². The van der Waals surface area contributed by atoms with E-state index in [4.69, 9.17) is 21.3 Å². The minimum Gasteiger partial charge on any atom is -0.478 e. The molecule has 1 aliphatic heterocycles. The number of fused-ring (bicyclic) bond motifs is 1. The van der Waals surface area contributed by atoms with E-state index in [-0.39, 0.29) is 23.8 Å². The lowest BCUT2D eigenvalue weighted by Crippen LogP contribution is -2.39. The van der Waals surface area contributed by atoms with Crippen LogP contribution in [0.4, 0.5) is 5.95 Å². The SMILES string of the molecule is C[C@@H]1C[C@H](C)CN(c2ncc(Cl)c(Cc3ccc4c(c3)cc(OCC(=O)N(C)C)c(=O)n4C)n2)C1. The van der Waals surface area contributed by atoms with Gasteiger partial charge in [-0.15, -0.1) is 0 Å². The average molecular weight is 498 g/mol. The molecule has 1 amide bonds. The van der Waals surface area contributed by atoms with Crippen molar-refractivity contribution < 1.29 is 9.53 Å². The monoisotopic (exact) mass is 497 g/mol. The molecule has 8 nitrogen and oxygen atoms in total. The molecule has 1 aliphatic rings. The number of nitrogens with zero attached hydrogens (tertiary/aromatic N) is 5. The summed E-state index contributed by atoms with van der Waals surface area (Å²) in [7, 11) is 4.98. The largest absolute Gasteiger partial charge is 0.478 e. The Morgan fingerprint density at radius 3 is 2.60 bits per heavy atom. The third-order valence-corrected chi connectivity index (χ3v) is 6.75. The summed E-state index contributed by atoms with van der Waals surface area (Å²) < 4.78 is 7.09. The first-order chi connectivity index (χ1) is 16.6. The van der Waals surface area contributed by atoms with Crippen LogP contribution in [0.25, 0.3) is 10.9 Å². The third-order valence-electron chi connectivity index (χ3n) is 6.43. The summed E-state index contributed by atoms with van der Waals surface area (Å²) in [6, 6.07) is 7.57. The van der Waals surface area contributed by atoms with Crippen LogP contribution in [0.5, 0.6) is 5.75 Å². The molecule has 2 aromatic heterocycles. The molecule has 0 radical (unpaired) electrons. The first-order valence-corrected chi connectivity index (χ1v) is 12.2. The molecule has 1 fully saturated rings. The Balaban J connectivity index is 1.61. The highest BCUT2D eigenvalue weighted by Crippen LogP contribution is 2.27. The molecule has 0 spiro atoms. The number of carbonyl (C=O) groups is 1. The predicted molar refractivity (Wildman–Crippen MR) is 138 cm³/mol. The second-order valence-corrected chi connectivity index (χ2v) is 10.2. The maximum atomic E-state index is 12.7. The fraction of sp³-hybridized carbons (Fsp3) is 0.462. The number of hydrogen-bond acceptors (Lipinski definition) is 6. The standard InChI is InChI=1S/C26H32ClN5O3/c1-16-8-17(2)14-32(13-16)26-28-12-20(27)21(29-26)10-18-6-7-22-19(9-18)11-23(25(34)31(22)5)35-15-24(33)30(3)4/h6-7,9,11-12,16-17H,8,10,13-15H2,1-5H3/t16-,17+. The van der Waals surface area contributed by atoms with E-state index in [2.05, 4.69) is 23.7 Å². The van der Waals surface area contributed by atoms with Gasteiger partial charge >= 0.3 is 0 Å². The maximum Gasteiger partial charge on any atom is 0.293 e. The molecule has 186 valence electrons. The zero-order valence-corrected chi connectivity index (χ0v) is 21.7. The van der Waals surface area contributed by atoms with Crippen LogP contribution >= 0.6 is 11.6 Å². The molecule has 0 N–H and O–H groups in total. The predicted octanol–water partition coefficient (Wildman–Crippen LogP) is 3.52. The summed E-state index contributed by atoms with van der Waals surface area (Å²) >= 11 is 6.48. The van der Waals surface area contributed by atoms with Crippen molar-refractivity contribution in [2.24, 2.45) is 18.9 Å². The topological polar surface area (TPSA) is 80.6 Å². The number of aryl methyl sites for hydroxylation is 1. The van der Waals surface area contributed by atoms with E-state index in [1.807, 2.05) is 18.2 Å². The van der Waals surface area contributed by atoms with Gasteiger partial charge in [0.15, 0.2) is 12.4 Å². The highest BCUT2D eigenvalue weighted by atomic mass is 35.5. The number of piperidine rings is 1. The minimum atomic E-state index is -0.287. The highest BCUT2D eigenvalue weighted by molar-refractivity contribution is 6.31. The molecular weight excluding hydrogens is 466 g/mol. The van der Waals surface area contributed by atoms with Gasteiger partial charge in [-0.3, -0.25) is 9.59 Å². The van der Waals surface area contributed by atoms with Crippen LogP contribution in [0.15, 0.2) is 35.3 Å². The summed E-state index contributed by atoms with van der Waals surface area (Å²) in [6.45, 7) is 6.20. The summed E-state index contributed by atoms with van der Waals surface area (Å²) in [6.07, 6.45) is 3.43. The molecular formula is C26H32ClN5O3. The zero-order valence-electron chi connectivity index (χ0n) is 20.9. The van der Waals surface area contributed by atoms with Gasteiger partial charge in [0.05, 0.1) is 22.4 Å². The minimum absolute atomic E-state index is 0.142. The molecule has 0 aliphatic carbocycles. The first kappa shape index (κ1) is 25.0. The Hall–Kier alpha value is -3.13. The number of aromatic nitrogens is 3. The van der Waals surface area contributed by atoms with Gasteiger partial charge in [-0.1, -0.05) is 31.5 Å². The van der Waals surface area contributed by atoms with Gasteiger partial charge < -0.3 is 19.1 Å². The number of halogens is 1. The van der Waals surface area contributed by atoms with Gasteiger partial charge in [0, 0.05) is 46.0 Å². The number of pyridine rings is 1. The zero-order chi connectivity index (χ0) is 25.3. The van der Waals surface area contributed by atoms with Crippen LogP contribution in [0.3, 0.4) is 0 Å². The third kappa shape index (κ3) is 5.59. The van der Waals surface area contributed by atoms with Crippen molar-refractivity contribution in [3.63, 3.8) is 0 Å². The molecule has 3 heterocycles. The molecule has 1 saturated heterocycles. The summed E-state index contributed by atoms with van der Waals surface area (Å²) in [5.74, 6) is 1.83. The molecule has 2 atom stereocenters. The van der Waals surface area contributed by atoms with E-state index in [1.54, 1.807) is 33.4 Å². The van der Waals surface area contributed by atoms with Gasteiger partial charge in [0.2, 0.25) is 5.95 Å². The van der Waals surface area contributed by atoms with E-state index >= 15 is 0 Å². The Labute approximate surface area is 210 Å². The number of carbonyl (C=O) groups excluding carboxylic acids is 1. The fourth-order valence-corrected chi connectivity index (χ4v) is 4.83. The second-order valence-electron chi connectivity index (χ2n) is 9.84. The van der Waals surface area contributed by atoms with Crippen molar-refractivity contribution in [1.29, 1.82) is 0 Å². The molecule has 0 unspecified atom stereocenters. The maximum absolute atomic E-state index is 12.7. The van der Waals surface area contributed by atoms with E-state index < -0.39 is 0 Å². The molecule has 0 saturated carbocycles. The van der Waals surface area contributed by atoms with Crippen LogP contribution in [0.2, 0.25) is 5.02 Å². The van der Waals surface area contributed by atoms with E-state index in [0.717, 1.165) is 35.2 Å². The van der Waals surface area contributed by atoms with Crippen molar-refractivity contribution in [1.82, 2.24) is 19.4 Å². The normalized spacial score (nSPS) is 18.1. The van der Waals surface area contributed by atoms with Crippen LogP contribution in [-0.4, -0.2) is 59.1 Å². The Morgan fingerprint density at radius 2 is 1.91 bits per heavy atom. The van der Waals surface area contributed by atoms with Crippen LogP contribution in [0, 0.1) is 11.8 Å². The average Bonchev–Trinajstić information content (AvgIpc) is 2.81. The lowest BCUT2D eigenvalue weighted by Gasteiger charge is -2.35. The van der Waals surface area contributed by atoms with Gasteiger partial charge in [-0.2, -0.15) is 0 Å². The Morgan fingerprint density at radius 1 is 1.20 bits per heavy atom. The number of amides is 1. The Kier molecular flexibility index (Phi) is 7.31. The van der Waals surface area contributed by atoms with Crippen LogP contribution in [0.1, 0.15) is 31.5 Å². The van der Waals surface area contributed by atoms with Crippen molar-refractivity contribution in [3.8, 4) is 5.75 Å². The lowest BCUT2D eigenvalue weighted by atomic mass is 9.92. The number of hydrogen-bond donors (Lipinski definition) is 0. The molecule has 4 rings (SSSR count). The number of benzene rings is 1. The van der Waals surface area contributed by atoms with E-state index in [9.17, 15) is 9.59 Å². The highest BCUT2D eigenvalue weighted by Gasteiger charge is 2.24. The summed E-state index contributed by atoms with van der Waals surface area (Å²) in [5, 5.41) is 1.36. The van der Waals surface area contributed by atoms with Gasteiger partial charge in [-0.05, 0) is 42.0 Å². The van der Waals surface area contributed by atoms with Crippen molar-refractivity contribution in [3.05, 3.63) is 57.1 Å². The second kappa shape index (κ2) is 10.2. The smallest absolute Gasteiger partial charge is 0.293 e. The van der Waals surface area contributed by atoms with Crippen molar-refractivity contribution in [2.45, 2.75) is 26.7 Å². The van der Waals surface area contributed by atoms with Crippen molar-refractivity contribution in [2.75, 3.05) is 38.7 Å². The number of likely N-dealkylation sites (N-methyl/N-ethyl adjacent to an activating group) is 1. The number of anilines is 1. The molecule has 9 heteroatoms. The summed E-state index contributed by atoms with van der Waals surface area (Å²) in [5.41, 5.74) is 2.25. The van der Waals surface area contributed by atoms with Crippen LogP contribution < -0.4 is 15.2 Å². The van der Waals surface area contributed by atoms with Crippen molar-refractivity contribution >= 4 is 34.4 Å². The molecule has 0 bridgehead atoms. The lowest BCUT2D eigenvalue weighted by molar-refractivity contribution is -0.130. The first-order valence-electron chi connectivity index (χ1n) is 11.8. The van der Waals surface area contributed by atoms with Crippen LogP contribution in [-0.2, 0) is 18.3 Å². The molecule has 35 heavy (non-hydrogen) atoms. The van der Waals surface area contributed by atoms with Gasteiger partial charge in [-0.25, -0.2) is 9.97 Å². The van der Waals surface area contributed by atoms with Gasteiger partial charge in [0.25, 0.3) is 11.5 Å².